The number of amides is 1. The number of carbonyl (C=O) groups is 2. The lowest BCUT2D eigenvalue weighted by molar-refractivity contribution is -0.143. The number of nitrogens with one attached hydrogen (secondary N) is 1. The van der Waals surface area contributed by atoms with Crippen LogP contribution in [0.4, 0.5) is 0 Å². The van der Waals surface area contributed by atoms with Crippen molar-refractivity contribution >= 4 is 11.9 Å². The van der Waals surface area contributed by atoms with Gasteiger partial charge in [-0.3, -0.25) is 9.59 Å². The third kappa shape index (κ3) is 57.4. The molecule has 0 bridgehead atoms. The predicted octanol–water partition coefficient (Wildman–Crippen LogP) is 20.4. The van der Waals surface area contributed by atoms with E-state index in [2.05, 4.69) is 43.5 Å². The van der Waals surface area contributed by atoms with E-state index in [1.165, 1.54) is 270 Å². The van der Waals surface area contributed by atoms with Crippen molar-refractivity contribution in [2.75, 3.05) is 13.2 Å². The molecule has 0 saturated heterocycles. The molecule has 1 amide bonds. The van der Waals surface area contributed by atoms with E-state index >= 15 is 0 Å². The zero-order valence-electron chi connectivity index (χ0n) is 48.4. The summed E-state index contributed by atoms with van der Waals surface area (Å²) in [4.78, 5) is 24.5. The minimum atomic E-state index is -0.842. The molecule has 0 aliphatic heterocycles. The molecular formula is C66H125NO5. The van der Waals surface area contributed by atoms with Gasteiger partial charge >= 0.3 is 5.97 Å². The molecule has 0 aliphatic carbocycles. The van der Waals surface area contributed by atoms with Gasteiger partial charge in [-0.1, -0.05) is 307 Å². The second-order valence-corrected chi connectivity index (χ2v) is 22.1. The molecule has 0 fully saturated rings. The summed E-state index contributed by atoms with van der Waals surface area (Å²) in [5.41, 5.74) is 0. The third-order valence-electron chi connectivity index (χ3n) is 14.9. The zero-order valence-corrected chi connectivity index (χ0v) is 48.4. The minimum Gasteiger partial charge on any atom is -0.466 e. The van der Waals surface area contributed by atoms with Gasteiger partial charge in [0.2, 0.25) is 5.91 Å². The first-order valence-electron chi connectivity index (χ1n) is 32.3. The molecule has 0 radical (unpaired) electrons. The molecule has 0 aromatic rings. The maximum atomic E-state index is 12.5. The molecule has 0 aliphatic rings. The lowest BCUT2D eigenvalue weighted by atomic mass is 10.0. The van der Waals surface area contributed by atoms with Crippen LogP contribution in [0, 0.1) is 0 Å². The van der Waals surface area contributed by atoms with E-state index in [1.54, 1.807) is 6.08 Å². The summed E-state index contributed by atoms with van der Waals surface area (Å²) in [5, 5.41) is 23.1. The van der Waals surface area contributed by atoms with E-state index in [0.717, 1.165) is 51.4 Å². The highest BCUT2D eigenvalue weighted by molar-refractivity contribution is 5.76. The first kappa shape index (κ1) is 70.1. The summed E-state index contributed by atoms with van der Waals surface area (Å²) in [6.45, 7) is 4.88. The van der Waals surface area contributed by atoms with Gasteiger partial charge in [0.25, 0.3) is 0 Å². The largest absolute Gasteiger partial charge is 0.466 e. The molecular weight excluding hydrogens is 887 g/mol. The second kappa shape index (κ2) is 61.6. The highest BCUT2D eigenvalue weighted by atomic mass is 16.5. The summed E-state index contributed by atoms with van der Waals surface area (Å²) in [7, 11) is 0. The molecule has 0 heterocycles. The van der Waals surface area contributed by atoms with Crippen LogP contribution in [0.2, 0.25) is 0 Å². The molecule has 0 saturated carbocycles. The van der Waals surface area contributed by atoms with Crippen LogP contribution in [0.3, 0.4) is 0 Å². The number of rotatable bonds is 60. The lowest BCUT2D eigenvalue weighted by Crippen LogP contribution is -2.45. The number of hydrogen-bond donors (Lipinski definition) is 3. The van der Waals surface area contributed by atoms with Crippen LogP contribution < -0.4 is 5.32 Å². The molecule has 6 heteroatoms. The summed E-state index contributed by atoms with van der Waals surface area (Å²) >= 11 is 0. The maximum absolute atomic E-state index is 12.5. The standard InChI is InChI=1S/C66H125NO5/c1-3-5-7-9-11-13-15-17-31-36-40-44-48-52-56-60-66(71)72-61-57-53-49-45-41-37-33-30-28-26-24-22-20-18-19-21-23-25-27-29-32-35-39-43-47-51-55-59-65(70)67-63(62-68)64(69)58-54-50-46-42-38-34-16-14-12-10-8-6-4-2/h11,13,17,31,54,58,63-64,68-69H,3-10,12,14-16,18-30,32-53,55-57,59-62H2,1-2H3,(H,67,70)/b13-11+,31-17+,58-54+. The fourth-order valence-electron chi connectivity index (χ4n) is 9.96. The zero-order chi connectivity index (χ0) is 52.2. The minimum absolute atomic E-state index is 0.00366. The van der Waals surface area contributed by atoms with Crippen LogP contribution in [-0.4, -0.2) is 47.4 Å². The van der Waals surface area contributed by atoms with Gasteiger partial charge in [-0.15, -0.1) is 0 Å². The Balaban J connectivity index is 3.36. The van der Waals surface area contributed by atoms with Crippen LogP contribution in [0.1, 0.15) is 348 Å². The number of hydrogen-bond acceptors (Lipinski definition) is 5. The number of aliphatic hydroxyl groups excluding tert-OH is 2. The summed E-state index contributed by atoms with van der Waals surface area (Å²) in [6.07, 6.45) is 77.7. The number of esters is 1. The van der Waals surface area contributed by atoms with Gasteiger partial charge in [-0.2, -0.15) is 0 Å². The van der Waals surface area contributed by atoms with Crippen molar-refractivity contribution < 1.29 is 24.5 Å². The predicted molar refractivity (Wildman–Crippen MR) is 315 cm³/mol. The van der Waals surface area contributed by atoms with Gasteiger partial charge < -0.3 is 20.3 Å². The van der Waals surface area contributed by atoms with Gasteiger partial charge in [-0.05, 0) is 64.2 Å². The molecule has 0 aromatic carbocycles. The third-order valence-corrected chi connectivity index (χ3v) is 14.9. The first-order valence-corrected chi connectivity index (χ1v) is 32.3. The SMILES string of the molecule is CCCCC/C=C/C/C=C/CCCCCCCC(=O)OCCCCCCCCCCCCCCCCCCCCCCCCCCCCCC(=O)NC(CO)C(O)/C=C/CCCCCCCCCCCCC. The molecule has 72 heavy (non-hydrogen) atoms. The smallest absolute Gasteiger partial charge is 0.305 e. The molecule has 424 valence electrons. The maximum Gasteiger partial charge on any atom is 0.305 e. The number of unbranched alkanes of at least 4 members (excludes halogenated alkanes) is 45. The van der Waals surface area contributed by atoms with Gasteiger partial charge in [-0.25, -0.2) is 0 Å². The Hall–Kier alpha value is -1.92. The van der Waals surface area contributed by atoms with E-state index in [0.29, 0.717) is 19.4 Å². The van der Waals surface area contributed by atoms with Crippen LogP contribution in [0.25, 0.3) is 0 Å². The Bertz CT molecular complexity index is 1170. The summed E-state index contributed by atoms with van der Waals surface area (Å²) in [6, 6.07) is -0.625. The molecule has 3 N–H and O–H groups in total. The van der Waals surface area contributed by atoms with Crippen molar-refractivity contribution in [3.8, 4) is 0 Å². The van der Waals surface area contributed by atoms with Crippen molar-refractivity contribution in [3.63, 3.8) is 0 Å². The summed E-state index contributed by atoms with van der Waals surface area (Å²) < 4.78 is 5.48. The van der Waals surface area contributed by atoms with Crippen molar-refractivity contribution in [1.82, 2.24) is 5.32 Å². The number of aliphatic hydroxyl groups is 2. The number of carbonyl (C=O) groups excluding carboxylic acids is 2. The average molecular weight is 1010 g/mol. The fraction of sp³-hybridized carbons (Fsp3) is 0.879. The highest BCUT2D eigenvalue weighted by Gasteiger charge is 2.18. The van der Waals surface area contributed by atoms with Gasteiger partial charge in [0, 0.05) is 12.8 Å². The van der Waals surface area contributed by atoms with Crippen molar-refractivity contribution in [2.45, 2.75) is 360 Å². The Morgan fingerprint density at radius 3 is 1.08 bits per heavy atom. The quantitative estimate of drug-likeness (QED) is 0.0320. The normalized spacial score (nSPS) is 12.8. The Kier molecular flexibility index (Phi) is 60.0. The van der Waals surface area contributed by atoms with Crippen molar-refractivity contribution in [1.29, 1.82) is 0 Å². The molecule has 0 rings (SSSR count). The molecule has 0 spiro atoms. The molecule has 2 atom stereocenters. The van der Waals surface area contributed by atoms with E-state index in [-0.39, 0.29) is 18.5 Å². The number of allylic oxidation sites excluding steroid dienone is 5. The molecule has 6 nitrogen and oxygen atoms in total. The van der Waals surface area contributed by atoms with E-state index in [1.807, 2.05) is 6.08 Å². The molecule has 0 aromatic heterocycles. The van der Waals surface area contributed by atoms with Crippen LogP contribution in [0.15, 0.2) is 36.5 Å². The van der Waals surface area contributed by atoms with E-state index in [4.69, 9.17) is 4.74 Å². The topological polar surface area (TPSA) is 95.9 Å². The van der Waals surface area contributed by atoms with Crippen molar-refractivity contribution in [2.24, 2.45) is 0 Å². The molecule has 2 unspecified atom stereocenters. The van der Waals surface area contributed by atoms with Gasteiger partial charge in [0.15, 0.2) is 0 Å². The number of ether oxygens (including phenoxy) is 1. The first-order chi connectivity index (χ1) is 35.5. The fourth-order valence-corrected chi connectivity index (χ4v) is 9.96. The summed E-state index contributed by atoms with van der Waals surface area (Å²) in [5.74, 6) is -0.0610. The lowest BCUT2D eigenvalue weighted by Gasteiger charge is -2.20. The second-order valence-electron chi connectivity index (χ2n) is 22.1. The Labute approximate surface area is 449 Å². The monoisotopic (exact) mass is 1010 g/mol. The van der Waals surface area contributed by atoms with Gasteiger partial charge in [0.05, 0.1) is 25.4 Å². The van der Waals surface area contributed by atoms with Crippen LogP contribution >= 0.6 is 0 Å². The Morgan fingerprint density at radius 2 is 0.694 bits per heavy atom. The van der Waals surface area contributed by atoms with Gasteiger partial charge in [0.1, 0.15) is 0 Å². The van der Waals surface area contributed by atoms with Crippen LogP contribution in [0.5, 0.6) is 0 Å². The van der Waals surface area contributed by atoms with E-state index in [9.17, 15) is 19.8 Å². The average Bonchev–Trinajstić information content (AvgIpc) is 3.38. The van der Waals surface area contributed by atoms with E-state index < -0.39 is 12.1 Å². The van der Waals surface area contributed by atoms with Crippen LogP contribution in [-0.2, 0) is 14.3 Å². The highest BCUT2D eigenvalue weighted by Crippen LogP contribution is 2.18. The Morgan fingerprint density at radius 1 is 0.389 bits per heavy atom. The van der Waals surface area contributed by atoms with Crippen molar-refractivity contribution in [3.05, 3.63) is 36.5 Å².